The Morgan fingerprint density at radius 2 is 1.64 bits per heavy atom. The van der Waals surface area contributed by atoms with E-state index in [4.69, 9.17) is 5.73 Å². The van der Waals surface area contributed by atoms with E-state index in [1.807, 2.05) is 0 Å². The number of benzene rings is 1. The summed E-state index contributed by atoms with van der Waals surface area (Å²) in [6.45, 7) is 0. The second-order valence-electron chi connectivity index (χ2n) is 4.03. The molecule has 3 rings (SSSR count). The van der Waals surface area contributed by atoms with Crippen LogP contribution < -0.4 is 5.73 Å². The second kappa shape index (κ2) is 2.82. The van der Waals surface area contributed by atoms with Gasteiger partial charge in [-0.15, -0.1) is 0 Å². The maximum atomic E-state index is 6.22. The van der Waals surface area contributed by atoms with Crippen LogP contribution in [-0.2, 0) is 0 Å². The molecule has 0 saturated heterocycles. The van der Waals surface area contributed by atoms with Crippen LogP contribution in [0, 0.1) is 5.92 Å². The fraction of sp³-hybridized carbons (Fsp3) is 0.231. The van der Waals surface area contributed by atoms with Gasteiger partial charge in [0.05, 0.1) is 0 Å². The Hall–Kier alpha value is -1.34. The van der Waals surface area contributed by atoms with Gasteiger partial charge in [-0.2, -0.15) is 0 Å². The van der Waals surface area contributed by atoms with Gasteiger partial charge in [-0.3, -0.25) is 0 Å². The average Bonchev–Trinajstić information content (AvgIpc) is 2.55. The number of hydrogen-bond donors (Lipinski definition) is 1. The van der Waals surface area contributed by atoms with E-state index in [2.05, 4.69) is 48.6 Å². The van der Waals surface area contributed by atoms with Gasteiger partial charge in [0.2, 0.25) is 0 Å². The normalized spacial score (nSPS) is 32.8. The van der Waals surface area contributed by atoms with Crippen molar-refractivity contribution in [1.29, 1.82) is 0 Å². The van der Waals surface area contributed by atoms with Gasteiger partial charge >= 0.3 is 0 Å². The third kappa shape index (κ3) is 0.933. The van der Waals surface area contributed by atoms with Crippen LogP contribution in [0.3, 0.4) is 0 Å². The molecule has 3 atom stereocenters. The van der Waals surface area contributed by atoms with E-state index >= 15 is 0 Å². The molecule has 1 aromatic rings. The molecule has 0 bridgehead atoms. The zero-order valence-corrected chi connectivity index (χ0v) is 7.93. The fourth-order valence-corrected chi connectivity index (χ4v) is 2.60. The van der Waals surface area contributed by atoms with Gasteiger partial charge in [0.15, 0.2) is 0 Å². The number of allylic oxidation sites excluding steroid dienone is 3. The van der Waals surface area contributed by atoms with E-state index < -0.39 is 0 Å². The summed E-state index contributed by atoms with van der Waals surface area (Å²) >= 11 is 0. The molecule has 14 heavy (non-hydrogen) atoms. The lowest BCUT2D eigenvalue weighted by Gasteiger charge is -2.19. The minimum absolute atomic E-state index is 0.178. The van der Waals surface area contributed by atoms with E-state index in [9.17, 15) is 0 Å². The van der Waals surface area contributed by atoms with Crippen LogP contribution in [0.4, 0.5) is 0 Å². The summed E-state index contributed by atoms with van der Waals surface area (Å²) in [7, 11) is 0. The first-order chi connectivity index (χ1) is 6.88. The molecule has 3 unspecified atom stereocenters. The largest absolute Gasteiger partial charge is 0.323 e. The quantitative estimate of drug-likeness (QED) is 0.657. The van der Waals surface area contributed by atoms with Crippen molar-refractivity contribution in [2.45, 2.75) is 12.0 Å². The maximum Gasteiger partial charge on any atom is 0.0370 e. The van der Waals surface area contributed by atoms with E-state index in [1.165, 1.54) is 11.1 Å². The molecule has 1 nitrogen and oxygen atoms in total. The van der Waals surface area contributed by atoms with Crippen molar-refractivity contribution in [3.05, 3.63) is 59.7 Å². The SMILES string of the molecule is NC1c2ccccc2C2C=CC=CC12. The van der Waals surface area contributed by atoms with Crippen LogP contribution in [-0.4, -0.2) is 0 Å². The van der Waals surface area contributed by atoms with Gasteiger partial charge in [0.25, 0.3) is 0 Å². The molecule has 2 aliphatic carbocycles. The summed E-state index contributed by atoms with van der Waals surface area (Å²) in [4.78, 5) is 0. The second-order valence-corrected chi connectivity index (χ2v) is 4.03. The summed E-state index contributed by atoms with van der Waals surface area (Å²) in [5.74, 6) is 0.976. The molecule has 0 saturated carbocycles. The van der Waals surface area contributed by atoms with Crippen LogP contribution >= 0.6 is 0 Å². The van der Waals surface area contributed by atoms with Gasteiger partial charge in [-0.25, -0.2) is 0 Å². The Morgan fingerprint density at radius 1 is 0.929 bits per heavy atom. The monoisotopic (exact) mass is 183 g/mol. The van der Waals surface area contributed by atoms with Gasteiger partial charge in [0, 0.05) is 17.9 Å². The van der Waals surface area contributed by atoms with Crippen LogP contribution in [0.15, 0.2) is 48.6 Å². The summed E-state index contributed by atoms with van der Waals surface area (Å²) in [6, 6.07) is 8.70. The third-order valence-electron chi connectivity index (χ3n) is 3.31. The molecule has 0 aliphatic heterocycles. The molecule has 0 fully saturated rings. The average molecular weight is 183 g/mol. The van der Waals surface area contributed by atoms with Crippen molar-refractivity contribution in [2.75, 3.05) is 0 Å². The van der Waals surface area contributed by atoms with Crippen molar-refractivity contribution < 1.29 is 0 Å². The summed E-state index contributed by atoms with van der Waals surface area (Å²) < 4.78 is 0. The molecule has 1 aromatic carbocycles. The van der Waals surface area contributed by atoms with Gasteiger partial charge in [-0.05, 0) is 11.1 Å². The Bertz CT molecular complexity index is 417. The van der Waals surface area contributed by atoms with E-state index in [-0.39, 0.29) is 6.04 Å². The lowest BCUT2D eigenvalue weighted by Crippen LogP contribution is -2.17. The molecular weight excluding hydrogens is 170 g/mol. The van der Waals surface area contributed by atoms with Gasteiger partial charge in [-0.1, -0.05) is 48.6 Å². The number of nitrogens with two attached hydrogens (primary N) is 1. The third-order valence-corrected chi connectivity index (χ3v) is 3.31. The van der Waals surface area contributed by atoms with Crippen LogP contribution in [0.5, 0.6) is 0 Å². The Balaban J connectivity index is 2.17. The minimum atomic E-state index is 0.178. The first kappa shape index (κ1) is 8.01. The van der Waals surface area contributed by atoms with Gasteiger partial charge in [0.1, 0.15) is 0 Å². The molecule has 1 heteroatoms. The van der Waals surface area contributed by atoms with Crippen molar-refractivity contribution in [1.82, 2.24) is 0 Å². The highest BCUT2D eigenvalue weighted by molar-refractivity contribution is 5.45. The maximum absolute atomic E-state index is 6.22. The van der Waals surface area contributed by atoms with E-state index in [0.717, 1.165) is 0 Å². The first-order valence-corrected chi connectivity index (χ1v) is 5.07. The minimum Gasteiger partial charge on any atom is -0.323 e. The predicted molar refractivity (Wildman–Crippen MR) is 57.9 cm³/mol. The highest BCUT2D eigenvalue weighted by atomic mass is 14.7. The van der Waals surface area contributed by atoms with E-state index in [0.29, 0.717) is 11.8 Å². The predicted octanol–water partition coefficient (Wildman–Crippen LogP) is 2.53. The lowest BCUT2D eigenvalue weighted by molar-refractivity contribution is 0.525. The lowest BCUT2D eigenvalue weighted by atomic mass is 9.87. The molecule has 0 spiro atoms. The molecule has 0 radical (unpaired) electrons. The Kier molecular flexibility index (Phi) is 1.62. The molecule has 2 aliphatic rings. The van der Waals surface area contributed by atoms with Crippen molar-refractivity contribution in [3.63, 3.8) is 0 Å². The van der Waals surface area contributed by atoms with Crippen molar-refractivity contribution >= 4 is 0 Å². The van der Waals surface area contributed by atoms with E-state index in [1.54, 1.807) is 0 Å². The molecule has 0 amide bonds. The highest BCUT2D eigenvalue weighted by Gasteiger charge is 2.35. The first-order valence-electron chi connectivity index (χ1n) is 5.07. The standard InChI is InChI=1S/C13H13N/c14-13-11-7-3-1-5-9(11)10-6-2-4-8-12(10)13/h1-9,11,13H,14H2. The smallest absolute Gasteiger partial charge is 0.0370 e. The van der Waals surface area contributed by atoms with Gasteiger partial charge < -0.3 is 5.73 Å². The van der Waals surface area contributed by atoms with Crippen molar-refractivity contribution in [3.8, 4) is 0 Å². The van der Waals surface area contributed by atoms with Crippen LogP contribution in [0.25, 0.3) is 0 Å². The zero-order valence-electron chi connectivity index (χ0n) is 7.93. The molecular formula is C13H13N. The topological polar surface area (TPSA) is 26.0 Å². The number of rotatable bonds is 0. The summed E-state index contributed by atoms with van der Waals surface area (Å²) in [6.07, 6.45) is 8.72. The van der Waals surface area contributed by atoms with Crippen molar-refractivity contribution in [2.24, 2.45) is 11.7 Å². The highest BCUT2D eigenvalue weighted by Crippen LogP contribution is 2.46. The number of fused-ring (bicyclic) bond motifs is 3. The summed E-state index contributed by atoms with van der Waals surface area (Å²) in [5, 5.41) is 0. The Labute approximate surface area is 83.9 Å². The fourth-order valence-electron chi connectivity index (χ4n) is 2.60. The molecule has 0 heterocycles. The van der Waals surface area contributed by atoms with Crippen LogP contribution in [0.2, 0.25) is 0 Å². The number of hydrogen-bond acceptors (Lipinski definition) is 1. The zero-order chi connectivity index (χ0) is 9.54. The Morgan fingerprint density at radius 3 is 2.50 bits per heavy atom. The summed E-state index contributed by atoms with van der Waals surface area (Å²) in [5.41, 5.74) is 8.94. The molecule has 70 valence electrons. The molecule has 0 aromatic heterocycles. The van der Waals surface area contributed by atoms with Crippen LogP contribution in [0.1, 0.15) is 23.1 Å². The molecule has 2 N–H and O–H groups in total.